The molecule has 2 aromatic rings. The van der Waals surface area contributed by atoms with Gasteiger partial charge in [-0.05, 0) is 37.0 Å². The van der Waals surface area contributed by atoms with E-state index in [0.717, 1.165) is 31.4 Å². The lowest BCUT2D eigenvalue weighted by Crippen LogP contribution is -2.57. The topological polar surface area (TPSA) is 65.8 Å². The minimum atomic E-state index is -0.0938. The molecule has 0 spiro atoms. The largest absolute Gasteiger partial charge is 0.451 e. The second-order valence-electron chi connectivity index (χ2n) is 7.53. The van der Waals surface area contributed by atoms with Gasteiger partial charge in [-0.1, -0.05) is 31.2 Å². The Morgan fingerprint density at radius 1 is 1.17 bits per heavy atom. The monoisotopic (exact) mass is 417 g/mol. The summed E-state index contributed by atoms with van der Waals surface area (Å²) in [6, 6.07) is 11.9. The molecule has 1 unspecified atom stereocenters. The van der Waals surface area contributed by atoms with Crippen LogP contribution in [-0.2, 0) is 11.2 Å². The highest BCUT2D eigenvalue weighted by atomic mass is 35.5. The minimum Gasteiger partial charge on any atom is -0.451 e. The van der Waals surface area contributed by atoms with E-state index in [9.17, 15) is 9.59 Å². The van der Waals surface area contributed by atoms with Gasteiger partial charge < -0.3 is 19.5 Å². The zero-order valence-electron chi connectivity index (χ0n) is 16.7. The lowest BCUT2D eigenvalue weighted by molar-refractivity contribution is -0.135. The molecule has 0 radical (unpaired) electrons. The van der Waals surface area contributed by atoms with Crippen molar-refractivity contribution in [3.63, 3.8) is 0 Å². The Bertz CT molecular complexity index is 849. The molecule has 2 amide bonds. The van der Waals surface area contributed by atoms with Gasteiger partial charge in [0.05, 0.1) is 6.54 Å². The number of hydrogen-bond donors (Lipinski definition) is 1. The van der Waals surface area contributed by atoms with Crippen molar-refractivity contribution in [2.24, 2.45) is 0 Å². The van der Waals surface area contributed by atoms with Crippen LogP contribution in [-0.4, -0.2) is 60.4 Å². The first kappa shape index (κ1) is 21.4. The van der Waals surface area contributed by atoms with Gasteiger partial charge in [0.2, 0.25) is 5.91 Å². The number of carbonyl (C=O) groups excluding carboxylic acids is 2. The summed E-state index contributed by atoms with van der Waals surface area (Å²) in [6.45, 7) is 5.32. The first-order chi connectivity index (χ1) is 13.7. The van der Waals surface area contributed by atoms with Crippen molar-refractivity contribution in [2.45, 2.75) is 32.2 Å². The standard InChI is InChI=1S/C22H27N3O3.ClH/c1-2-16-5-7-17(8-6-16)19-9-10-20(28-19)22(27)24-12-3-4-18(15-24)25-13-11-23-14-21(25)26;/h5-10,18,23H,2-4,11-15H2,1H3;1H. The smallest absolute Gasteiger partial charge is 0.289 e. The minimum absolute atomic E-state index is 0. The lowest BCUT2D eigenvalue weighted by atomic mass is 10.0. The molecule has 0 bridgehead atoms. The summed E-state index contributed by atoms with van der Waals surface area (Å²) in [6.07, 6.45) is 2.84. The van der Waals surface area contributed by atoms with Gasteiger partial charge in [0, 0.05) is 37.8 Å². The zero-order valence-corrected chi connectivity index (χ0v) is 17.5. The van der Waals surface area contributed by atoms with E-state index >= 15 is 0 Å². The third kappa shape index (κ3) is 4.65. The van der Waals surface area contributed by atoms with Crippen LogP contribution in [0.15, 0.2) is 40.8 Å². The van der Waals surface area contributed by atoms with Crippen molar-refractivity contribution < 1.29 is 14.0 Å². The lowest BCUT2D eigenvalue weighted by Gasteiger charge is -2.40. The van der Waals surface area contributed by atoms with Crippen LogP contribution in [0.3, 0.4) is 0 Å². The number of nitrogens with one attached hydrogen (secondary N) is 1. The summed E-state index contributed by atoms with van der Waals surface area (Å²) >= 11 is 0. The van der Waals surface area contributed by atoms with Gasteiger partial charge in [0.15, 0.2) is 5.76 Å². The van der Waals surface area contributed by atoms with Gasteiger partial charge in [-0.2, -0.15) is 0 Å². The summed E-state index contributed by atoms with van der Waals surface area (Å²) in [4.78, 5) is 28.9. The molecular weight excluding hydrogens is 390 g/mol. The van der Waals surface area contributed by atoms with E-state index in [1.165, 1.54) is 5.56 Å². The van der Waals surface area contributed by atoms with E-state index in [1.54, 1.807) is 6.07 Å². The Morgan fingerprint density at radius 3 is 2.69 bits per heavy atom. The van der Waals surface area contributed by atoms with Gasteiger partial charge in [0.25, 0.3) is 5.91 Å². The summed E-state index contributed by atoms with van der Waals surface area (Å²) in [5.74, 6) is 1.10. The molecule has 4 rings (SSSR count). The van der Waals surface area contributed by atoms with Crippen LogP contribution in [0, 0.1) is 0 Å². The van der Waals surface area contributed by atoms with Gasteiger partial charge in [-0.15, -0.1) is 12.4 Å². The molecule has 1 atom stereocenters. The maximum absolute atomic E-state index is 13.0. The molecule has 6 nitrogen and oxygen atoms in total. The SMILES string of the molecule is CCc1ccc(-c2ccc(C(=O)N3CCCC(N4CCNCC4=O)C3)o2)cc1.Cl. The molecule has 0 aliphatic carbocycles. The Hall–Kier alpha value is -2.31. The third-order valence-corrected chi connectivity index (χ3v) is 5.71. The van der Waals surface area contributed by atoms with Gasteiger partial charge >= 0.3 is 0 Å². The Kier molecular flexibility index (Phi) is 6.98. The van der Waals surface area contributed by atoms with E-state index in [-0.39, 0.29) is 30.3 Å². The number of benzene rings is 1. The van der Waals surface area contributed by atoms with Crippen LogP contribution in [0.1, 0.15) is 35.9 Å². The highest BCUT2D eigenvalue weighted by Crippen LogP contribution is 2.25. The molecule has 29 heavy (non-hydrogen) atoms. The van der Waals surface area contributed by atoms with Crippen LogP contribution in [0.25, 0.3) is 11.3 Å². The average molecular weight is 418 g/mol. The normalized spacial score (nSPS) is 19.8. The fraction of sp³-hybridized carbons (Fsp3) is 0.455. The second-order valence-corrected chi connectivity index (χ2v) is 7.53. The molecular formula is C22H28ClN3O3. The van der Waals surface area contributed by atoms with E-state index in [0.29, 0.717) is 37.7 Å². The number of nitrogens with zero attached hydrogens (tertiary/aromatic N) is 2. The van der Waals surface area contributed by atoms with Crippen LogP contribution in [0.4, 0.5) is 0 Å². The third-order valence-electron chi connectivity index (χ3n) is 5.71. The molecule has 1 aromatic heterocycles. The maximum Gasteiger partial charge on any atom is 0.289 e. The van der Waals surface area contributed by atoms with Crippen LogP contribution < -0.4 is 5.32 Å². The molecule has 7 heteroatoms. The summed E-state index contributed by atoms with van der Waals surface area (Å²) in [7, 11) is 0. The van der Waals surface area contributed by atoms with Crippen molar-refractivity contribution in [1.82, 2.24) is 15.1 Å². The van der Waals surface area contributed by atoms with Crippen molar-refractivity contribution >= 4 is 24.2 Å². The molecule has 156 valence electrons. The Balaban J connectivity index is 0.00000240. The highest BCUT2D eigenvalue weighted by Gasteiger charge is 2.32. The number of amides is 2. The maximum atomic E-state index is 13.0. The molecule has 2 aliphatic rings. The first-order valence-corrected chi connectivity index (χ1v) is 10.1. The molecule has 0 saturated carbocycles. The Labute approximate surface area is 177 Å². The van der Waals surface area contributed by atoms with Crippen LogP contribution in [0.5, 0.6) is 0 Å². The van der Waals surface area contributed by atoms with Crippen LogP contribution in [0.2, 0.25) is 0 Å². The van der Waals surface area contributed by atoms with Gasteiger partial charge in [-0.25, -0.2) is 0 Å². The van der Waals surface area contributed by atoms with E-state index in [4.69, 9.17) is 4.42 Å². The van der Waals surface area contributed by atoms with E-state index in [2.05, 4.69) is 24.4 Å². The second kappa shape index (κ2) is 9.46. The van der Waals surface area contributed by atoms with Crippen molar-refractivity contribution in [3.8, 4) is 11.3 Å². The number of likely N-dealkylation sites (tertiary alicyclic amines) is 1. The zero-order chi connectivity index (χ0) is 19.5. The predicted octanol–water partition coefficient (Wildman–Crippen LogP) is 2.97. The fourth-order valence-electron chi connectivity index (χ4n) is 4.07. The number of carbonyl (C=O) groups is 2. The van der Waals surface area contributed by atoms with Crippen LogP contribution >= 0.6 is 12.4 Å². The van der Waals surface area contributed by atoms with Gasteiger partial charge in [0.1, 0.15) is 5.76 Å². The molecule has 2 aliphatic heterocycles. The number of furan rings is 1. The molecule has 1 N–H and O–H groups in total. The first-order valence-electron chi connectivity index (χ1n) is 10.1. The summed E-state index contributed by atoms with van der Waals surface area (Å²) < 4.78 is 5.88. The van der Waals surface area contributed by atoms with Crippen molar-refractivity contribution in [1.29, 1.82) is 0 Å². The number of rotatable bonds is 4. The predicted molar refractivity (Wildman–Crippen MR) is 114 cm³/mol. The molecule has 1 aromatic carbocycles. The molecule has 2 saturated heterocycles. The number of piperazine rings is 1. The average Bonchev–Trinajstić information content (AvgIpc) is 3.24. The van der Waals surface area contributed by atoms with Crippen molar-refractivity contribution in [2.75, 3.05) is 32.7 Å². The van der Waals surface area contributed by atoms with E-state index in [1.807, 2.05) is 28.0 Å². The summed E-state index contributed by atoms with van der Waals surface area (Å²) in [5.41, 5.74) is 2.24. The number of halogens is 1. The van der Waals surface area contributed by atoms with Gasteiger partial charge in [-0.3, -0.25) is 9.59 Å². The molecule has 2 fully saturated rings. The number of aryl methyl sites for hydroxylation is 1. The Morgan fingerprint density at radius 2 is 1.97 bits per heavy atom. The molecule has 3 heterocycles. The highest BCUT2D eigenvalue weighted by molar-refractivity contribution is 5.92. The van der Waals surface area contributed by atoms with E-state index < -0.39 is 0 Å². The number of piperidine rings is 1. The number of hydrogen-bond acceptors (Lipinski definition) is 4. The quantitative estimate of drug-likeness (QED) is 0.830. The van der Waals surface area contributed by atoms with Crippen molar-refractivity contribution in [3.05, 3.63) is 47.7 Å². The summed E-state index contributed by atoms with van der Waals surface area (Å²) in [5, 5.41) is 3.10. The fourth-order valence-corrected chi connectivity index (χ4v) is 4.07.